The van der Waals surface area contributed by atoms with Gasteiger partial charge in [0.25, 0.3) is 7.65 Å². The number of nitrogens with one attached hydrogen (secondary N) is 1. The number of benzene rings is 1. The first-order valence-electron chi connectivity index (χ1n) is 6.64. The van der Waals surface area contributed by atoms with Crippen molar-refractivity contribution >= 4 is 24.9 Å². The van der Waals surface area contributed by atoms with Crippen LogP contribution in [-0.4, -0.2) is 18.6 Å². The zero-order valence-electron chi connectivity index (χ0n) is 12.0. The standard InChI is InChI=1S/C14H21ClNO3P/c1-4-18-14(17)13(10-11(2)3)16-20(15)19-12-8-6-5-7-9-12/h5-9,11,13,16H,4,10H2,1-3H3/t13-,20?/m0/s1. The van der Waals surface area contributed by atoms with Gasteiger partial charge in [-0.15, -0.1) is 0 Å². The molecule has 0 amide bonds. The molecule has 112 valence electrons. The summed E-state index contributed by atoms with van der Waals surface area (Å²) in [5.41, 5.74) is 0. The van der Waals surface area contributed by atoms with Gasteiger partial charge in [0.05, 0.1) is 6.61 Å². The highest BCUT2D eigenvalue weighted by atomic mass is 35.7. The zero-order chi connectivity index (χ0) is 15.0. The number of rotatable bonds is 8. The topological polar surface area (TPSA) is 47.6 Å². The third-order valence-corrected chi connectivity index (χ3v) is 3.85. The second-order valence-corrected chi connectivity index (χ2v) is 6.56. The minimum atomic E-state index is -1.45. The van der Waals surface area contributed by atoms with Crippen LogP contribution in [0.25, 0.3) is 0 Å². The Labute approximate surface area is 126 Å². The van der Waals surface area contributed by atoms with Crippen LogP contribution < -0.4 is 9.61 Å². The Hall–Kier alpha value is -0.830. The van der Waals surface area contributed by atoms with Gasteiger partial charge in [-0.25, -0.2) is 5.09 Å². The van der Waals surface area contributed by atoms with Crippen LogP contribution in [0.3, 0.4) is 0 Å². The number of hydrogen-bond donors (Lipinski definition) is 1. The minimum Gasteiger partial charge on any atom is -0.465 e. The summed E-state index contributed by atoms with van der Waals surface area (Å²) in [7, 11) is -1.45. The molecule has 6 heteroatoms. The monoisotopic (exact) mass is 317 g/mol. The summed E-state index contributed by atoms with van der Waals surface area (Å²) in [4.78, 5) is 11.9. The molecule has 0 spiro atoms. The molecule has 1 N–H and O–H groups in total. The van der Waals surface area contributed by atoms with E-state index in [1.807, 2.05) is 44.2 Å². The third kappa shape index (κ3) is 6.56. The summed E-state index contributed by atoms with van der Waals surface area (Å²) in [5, 5.41) is 3.01. The quantitative estimate of drug-likeness (QED) is 0.579. The van der Waals surface area contributed by atoms with Gasteiger partial charge in [0.15, 0.2) is 0 Å². The van der Waals surface area contributed by atoms with E-state index in [2.05, 4.69) is 5.09 Å². The summed E-state index contributed by atoms with van der Waals surface area (Å²) in [6.45, 7) is 6.23. The number of hydrogen-bond acceptors (Lipinski definition) is 4. The minimum absolute atomic E-state index is 0.286. The van der Waals surface area contributed by atoms with E-state index in [0.29, 0.717) is 24.7 Å². The molecular weight excluding hydrogens is 297 g/mol. The van der Waals surface area contributed by atoms with Crippen molar-refractivity contribution in [3.63, 3.8) is 0 Å². The Kier molecular flexibility index (Phi) is 7.90. The van der Waals surface area contributed by atoms with E-state index in [1.54, 1.807) is 6.92 Å². The van der Waals surface area contributed by atoms with Gasteiger partial charge in [-0.05, 0) is 42.6 Å². The van der Waals surface area contributed by atoms with Crippen molar-refractivity contribution in [1.82, 2.24) is 5.09 Å². The van der Waals surface area contributed by atoms with Gasteiger partial charge in [0.1, 0.15) is 11.8 Å². The van der Waals surface area contributed by atoms with E-state index >= 15 is 0 Å². The molecule has 0 heterocycles. The maximum atomic E-state index is 11.9. The van der Waals surface area contributed by atoms with Crippen LogP contribution in [0.15, 0.2) is 30.3 Å². The van der Waals surface area contributed by atoms with Crippen molar-refractivity contribution in [2.45, 2.75) is 33.2 Å². The largest absolute Gasteiger partial charge is 0.465 e. The van der Waals surface area contributed by atoms with Gasteiger partial charge in [0.2, 0.25) is 0 Å². The Morgan fingerprint density at radius 1 is 1.35 bits per heavy atom. The van der Waals surface area contributed by atoms with Crippen LogP contribution in [0.1, 0.15) is 27.2 Å². The molecule has 20 heavy (non-hydrogen) atoms. The molecule has 0 radical (unpaired) electrons. The molecule has 0 saturated heterocycles. The summed E-state index contributed by atoms with van der Waals surface area (Å²) in [6, 6.07) is 8.83. The van der Waals surface area contributed by atoms with Crippen molar-refractivity contribution in [2.24, 2.45) is 5.92 Å². The number of halogens is 1. The molecule has 1 rings (SSSR count). The van der Waals surface area contributed by atoms with Crippen LogP contribution in [-0.2, 0) is 9.53 Å². The highest BCUT2D eigenvalue weighted by Crippen LogP contribution is 2.40. The van der Waals surface area contributed by atoms with Crippen molar-refractivity contribution in [2.75, 3.05) is 6.61 Å². The normalized spacial score (nSPS) is 13.8. The number of para-hydroxylation sites is 1. The Balaban J connectivity index is 2.57. The first-order valence-corrected chi connectivity index (χ1v) is 8.81. The smallest absolute Gasteiger partial charge is 0.323 e. The Bertz CT molecular complexity index is 403. The maximum Gasteiger partial charge on any atom is 0.323 e. The van der Waals surface area contributed by atoms with Crippen molar-refractivity contribution < 1.29 is 14.1 Å². The van der Waals surface area contributed by atoms with E-state index in [-0.39, 0.29) is 5.97 Å². The van der Waals surface area contributed by atoms with Gasteiger partial charge < -0.3 is 9.26 Å². The summed E-state index contributed by atoms with van der Waals surface area (Å²) >= 11 is 6.16. The van der Waals surface area contributed by atoms with Gasteiger partial charge in [0, 0.05) is 0 Å². The fourth-order valence-corrected chi connectivity index (χ4v) is 3.05. The first-order chi connectivity index (χ1) is 9.52. The zero-order valence-corrected chi connectivity index (χ0v) is 13.7. The lowest BCUT2D eigenvalue weighted by Gasteiger charge is -2.21. The number of carbonyl (C=O) groups excluding carboxylic acids is 1. The highest BCUT2D eigenvalue weighted by molar-refractivity contribution is 7.78. The molecule has 0 aliphatic heterocycles. The van der Waals surface area contributed by atoms with Gasteiger partial charge in [-0.1, -0.05) is 32.0 Å². The Morgan fingerprint density at radius 3 is 2.55 bits per heavy atom. The summed E-state index contributed by atoms with van der Waals surface area (Å²) < 4.78 is 10.6. The molecular formula is C14H21ClNO3P. The fraction of sp³-hybridized carbons (Fsp3) is 0.500. The highest BCUT2D eigenvalue weighted by Gasteiger charge is 2.24. The molecule has 1 aromatic carbocycles. The maximum absolute atomic E-state index is 11.9. The summed E-state index contributed by atoms with van der Waals surface area (Å²) in [5.74, 6) is 0.743. The van der Waals surface area contributed by atoms with E-state index in [1.165, 1.54) is 0 Å². The molecule has 0 fully saturated rings. The van der Waals surface area contributed by atoms with Gasteiger partial charge in [-0.3, -0.25) is 4.79 Å². The van der Waals surface area contributed by atoms with Crippen LogP contribution in [0.5, 0.6) is 5.75 Å². The van der Waals surface area contributed by atoms with E-state index < -0.39 is 13.7 Å². The van der Waals surface area contributed by atoms with Crippen molar-refractivity contribution in [3.05, 3.63) is 30.3 Å². The van der Waals surface area contributed by atoms with Crippen LogP contribution >= 0.6 is 18.9 Å². The second kappa shape index (κ2) is 9.17. The number of carbonyl (C=O) groups is 1. The molecule has 1 unspecified atom stereocenters. The molecule has 2 atom stereocenters. The predicted octanol–water partition coefficient (Wildman–Crippen LogP) is 4.10. The summed E-state index contributed by atoms with van der Waals surface area (Å²) in [6.07, 6.45) is 0.655. The first kappa shape index (κ1) is 17.2. The average molecular weight is 318 g/mol. The molecule has 0 aromatic heterocycles. The Morgan fingerprint density at radius 2 is 2.00 bits per heavy atom. The lowest BCUT2D eigenvalue weighted by molar-refractivity contribution is -0.145. The van der Waals surface area contributed by atoms with E-state index in [0.717, 1.165) is 0 Å². The SMILES string of the molecule is CCOC(=O)[C@H](CC(C)C)NP(Cl)Oc1ccccc1. The van der Waals surface area contributed by atoms with Crippen LogP contribution in [0.2, 0.25) is 0 Å². The third-order valence-electron chi connectivity index (χ3n) is 2.46. The fourth-order valence-electron chi connectivity index (χ4n) is 1.64. The molecule has 0 bridgehead atoms. The van der Waals surface area contributed by atoms with E-state index in [4.69, 9.17) is 20.5 Å². The molecule has 0 aliphatic rings. The molecule has 0 aliphatic carbocycles. The number of esters is 1. The van der Waals surface area contributed by atoms with E-state index in [9.17, 15) is 4.79 Å². The predicted molar refractivity (Wildman–Crippen MR) is 82.9 cm³/mol. The molecule has 1 aromatic rings. The second-order valence-electron chi connectivity index (χ2n) is 4.71. The molecule has 4 nitrogen and oxygen atoms in total. The van der Waals surface area contributed by atoms with Crippen molar-refractivity contribution in [3.8, 4) is 5.75 Å². The molecule has 0 saturated carbocycles. The lowest BCUT2D eigenvalue weighted by Crippen LogP contribution is -2.36. The van der Waals surface area contributed by atoms with Crippen LogP contribution in [0, 0.1) is 5.92 Å². The average Bonchev–Trinajstić information content (AvgIpc) is 2.38. The lowest BCUT2D eigenvalue weighted by atomic mass is 10.1. The van der Waals surface area contributed by atoms with Crippen LogP contribution in [0.4, 0.5) is 0 Å². The van der Waals surface area contributed by atoms with Crippen molar-refractivity contribution in [1.29, 1.82) is 0 Å². The number of ether oxygens (including phenoxy) is 1. The van der Waals surface area contributed by atoms with Gasteiger partial charge >= 0.3 is 5.97 Å². The van der Waals surface area contributed by atoms with Gasteiger partial charge in [-0.2, -0.15) is 0 Å².